The smallest absolute Gasteiger partial charge is 0.425 e. The summed E-state index contributed by atoms with van der Waals surface area (Å²) in [6.07, 6.45) is 3.53. The van der Waals surface area contributed by atoms with Gasteiger partial charge in [0.1, 0.15) is 17.6 Å². The van der Waals surface area contributed by atoms with Crippen LogP contribution < -0.4 is 10.6 Å². The lowest BCUT2D eigenvalue weighted by Gasteiger charge is -2.24. The molecular formula is C23H27N7O5. The monoisotopic (exact) mass is 481 g/mol. The molecule has 0 atom stereocenters. The van der Waals surface area contributed by atoms with E-state index in [9.17, 15) is 19.8 Å². The second-order valence-electron chi connectivity index (χ2n) is 9.77. The van der Waals surface area contributed by atoms with Crippen molar-refractivity contribution in [2.45, 2.75) is 52.4 Å². The Morgan fingerprint density at radius 2 is 1.83 bits per heavy atom. The van der Waals surface area contributed by atoms with Gasteiger partial charge in [0.15, 0.2) is 11.5 Å². The molecule has 184 valence electrons. The van der Waals surface area contributed by atoms with Gasteiger partial charge in [-0.05, 0) is 46.8 Å². The number of aliphatic hydroxyl groups is 1. The molecule has 2 amide bonds. The number of anilines is 2. The molecule has 0 aromatic carbocycles. The van der Waals surface area contributed by atoms with E-state index < -0.39 is 23.4 Å². The lowest BCUT2D eigenvalue weighted by molar-refractivity contribution is 0.0579. The molecule has 0 unspecified atom stereocenters. The van der Waals surface area contributed by atoms with Crippen LogP contribution in [0.4, 0.5) is 21.1 Å². The molecule has 0 saturated carbocycles. The minimum Gasteiger partial charge on any atom is -0.464 e. The van der Waals surface area contributed by atoms with Gasteiger partial charge in [0.05, 0.1) is 28.9 Å². The summed E-state index contributed by atoms with van der Waals surface area (Å²) < 4.78 is 8.77. The number of hydrogen-bond donors (Lipinski definition) is 3. The highest BCUT2D eigenvalue weighted by Crippen LogP contribution is 2.37. The molecule has 0 saturated heterocycles. The summed E-state index contributed by atoms with van der Waals surface area (Å²) in [5.74, 6) is -0.175. The maximum absolute atomic E-state index is 12.9. The highest BCUT2D eigenvalue weighted by atomic mass is 16.6. The third-order valence-corrected chi connectivity index (χ3v) is 5.03. The summed E-state index contributed by atoms with van der Waals surface area (Å²) in [6.45, 7) is 8.33. The van der Waals surface area contributed by atoms with Crippen LogP contribution in [-0.4, -0.2) is 57.5 Å². The normalized spacial score (nSPS) is 12.3. The van der Waals surface area contributed by atoms with Crippen molar-refractivity contribution in [3.63, 3.8) is 0 Å². The summed E-state index contributed by atoms with van der Waals surface area (Å²) >= 11 is 0. The third-order valence-electron chi connectivity index (χ3n) is 5.03. The molecule has 12 heteroatoms. The molecule has 0 bridgehead atoms. The highest BCUT2D eigenvalue weighted by Gasteiger charge is 2.33. The maximum Gasteiger partial charge on any atom is 0.425 e. The second-order valence-corrected chi connectivity index (χ2v) is 9.77. The molecule has 0 aliphatic rings. The minimum atomic E-state index is -1.56. The molecule has 4 rings (SSSR count). The number of nitrogens with two attached hydrogens (primary N) is 1. The van der Waals surface area contributed by atoms with Gasteiger partial charge >= 0.3 is 12.2 Å². The van der Waals surface area contributed by atoms with Gasteiger partial charge in [0, 0.05) is 24.2 Å². The number of amides is 2. The first-order valence-corrected chi connectivity index (χ1v) is 10.8. The summed E-state index contributed by atoms with van der Waals surface area (Å²) in [6, 6.07) is 3.44. The Morgan fingerprint density at radius 3 is 2.46 bits per heavy atom. The zero-order valence-electron chi connectivity index (χ0n) is 20.1. The predicted molar refractivity (Wildman–Crippen MR) is 129 cm³/mol. The number of aromatic nitrogens is 5. The summed E-state index contributed by atoms with van der Waals surface area (Å²) in [5, 5.41) is 20.7. The molecule has 0 aliphatic carbocycles. The number of rotatable bonds is 4. The number of nitrogen functional groups attached to an aromatic ring is 1. The van der Waals surface area contributed by atoms with Crippen molar-refractivity contribution in [1.82, 2.24) is 23.9 Å². The average molecular weight is 482 g/mol. The van der Waals surface area contributed by atoms with Crippen molar-refractivity contribution in [1.29, 1.82) is 0 Å². The number of ether oxygens (including phenoxy) is 1. The van der Waals surface area contributed by atoms with E-state index in [2.05, 4.69) is 15.0 Å². The van der Waals surface area contributed by atoms with E-state index in [0.717, 1.165) is 0 Å². The molecule has 0 radical (unpaired) electrons. The number of fused-ring (bicyclic) bond motifs is 2. The Hall–Kier alpha value is -4.19. The molecule has 0 spiro atoms. The van der Waals surface area contributed by atoms with E-state index in [4.69, 9.17) is 10.5 Å². The van der Waals surface area contributed by atoms with Gasteiger partial charge in [-0.2, -0.15) is 4.90 Å². The second kappa shape index (κ2) is 8.24. The average Bonchev–Trinajstić information content (AvgIpc) is 3.32. The van der Waals surface area contributed by atoms with Crippen molar-refractivity contribution in [2.75, 3.05) is 10.6 Å². The molecule has 4 N–H and O–H groups in total. The van der Waals surface area contributed by atoms with Crippen molar-refractivity contribution in [2.24, 2.45) is 0 Å². The number of hydrogen-bond acceptors (Lipinski definition) is 8. The van der Waals surface area contributed by atoms with Crippen molar-refractivity contribution >= 4 is 40.4 Å². The predicted octanol–water partition coefficient (Wildman–Crippen LogP) is 3.52. The molecule has 4 aromatic rings. The van der Waals surface area contributed by atoms with Crippen LogP contribution in [0.5, 0.6) is 0 Å². The van der Waals surface area contributed by atoms with Crippen molar-refractivity contribution < 1.29 is 24.5 Å². The number of carbonyl (C=O) groups is 2. The Labute approximate surface area is 200 Å². The standard InChI is InChI=1S/C23H27N7O5/c1-22(2,3)35-21(33)30(20(31)32)19-16-13(15-7-6-14(24)17-25-8-9-29(15)17)10-28(11-23(4,5)34)18(16)26-12-27-19/h6-10,12,34H,11,24H2,1-5H3,(H,31,32). The first kappa shape index (κ1) is 24.0. The quantitative estimate of drug-likeness (QED) is 0.396. The Morgan fingerprint density at radius 1 is 1.11 bits per heavy atom. The van der Waals surface area contributed by atoms with Crippen LogP contribution in [-0.2, 0) is 11.3 Å². The van der Waals surface area contributed by atoms with Gasteiger partial charge in [-0.25, -0.2) is 24.5 Å². The third kappa shape index (κ3) is 4.60. The Kier molecular flexibility index (Phi) is 5.64. The Bertz CT molecular complexity index is 1440. The zero-order valence-corrected chi connectivity index (χ0v) is 20.1. The van der Waals surface area contributed by atoms with Crippen molar-refractivity contribution in [3.05, 3.63) is 37.1 Å². The number of nitrogens with zero attached hydrogens (tertiary/aromatic N) is 6. The van der Waals surface area contributed by atoms with E-state index in [1.165, 1.54) is 6.33 Å². The molecule has 35 heavy (non-hydrogen) atoms. The number of carbonyl (C=O) groups excluding carboxylic acids is 1. The molecule has 4 aromatic heterocycles. The van der Waals surface area contributed by atoms with Crippen LogP contribution in [0.15, 0.2) is 37.1 Å². The van der Waals surface area contributed by atoms with Gasteiger partial charge in [-0.1, -0.05) is 0 Å². The fourth-order valence-electron chi connectivity index (χ4n) is 3.83. The summed E-state index contributed by atoms with van der Waals surface area (Å²) in [7, 11) is 0. The van der Waals surface area contributed by atoms with E-state index in [0.29, 0.717) is 33.1 Å². The van der Waals surface area contributed by atoms with Gasteiger partial charge in [-0.3, -0.25) is 4.40 Å². The fourth-order valence-corrected chi connectivity index (χ4v) is 3.83. The highest BCUT2D eigenvalue weighted by molar-refractivity contribution is 6.15. The summed E-state index contributed by atoms with van der Waals surface area (Å²) in [5.41, 5.74) is 6.43. The van der Waals surface area contributed by atoms with Gasteiger partial charge < -0.3 is 25.3 Å². The molecule has 12 nitrogen and oxygen atoms in total. The molecule has 4 heterocycles. The van der Waals surface area contributed by atoms with Crippen LogP contribution in [0.25, 0.3) is 27.9 Å². The lowest BCUT2D eigenvalue weighted by atomic mass is 10.1. The molecule has 0 aliphatic heterocycles. The maximum atomic E-state index is 12.9. The summed E-state index contributed by atoms with van der Waals surface area (Å²) in [4.78, 5) is 38.4. The Balaban J connectivity index is 2.05. The molecule has 0 fully saturated rings. The topological polar surface area (TPSA) is 161 Å². The SMILES string of the molecule is CC(C)(O)Cn1cc(-c2ccc(N)c3nccn23)c2c(N(C(=O)O)C(=O)OC(C)(C)C)ncnc21. The fraction of sp³-hybridized carbons (Fsp3) is 0.348. The zero-order chi connectivity index (χ0) is 25.7. The first-order valence-electron chi connectivity index (χ1n) is 10.8. The van der Waals surface area contributed by atoms with Gasteiger partial charge in [-0.15, -0.1) is 0 Å². The van der Waals surface area contributed by atoms with Crippen LogP contribution in [0, 0.1) is 0 Å². The lowest BCUT2D eigenvalue weighted by Crippen LogP contribution is -2.40. The number of imidazole rings is 1. The number of carboxylic acid groups (broad SMARTS) is 1. The molecular weight excluding hydrogens is 454 g/mol. The van der Waals surface area contributed by atoms with Crippen molar-refractivity contribution in [3.8, 4) is 11.3 Å². The number of imide groups is 1. The van der Waals surface area contributed by atoms with E-state index in [1.54, 1.807) is 74.3 Å². The van der Waals surface area contributed by atoms with Gasteiger partial charge in [0.25, 0.3) is 0 Å². The number of pyridine rings is 1. The minimum absolute atomic E-state index is 0.140. The first-order chi connectivity index (χ1) is 16.3. The van der Waals surface area contributed by atoms with Crippen LogP contribution >= 0.6 is 0 Å². The van der Waals surface area contributed by atoms with E-state index in [-0.39, 0.29) is 17.7 Å². The van der Waals surface area contributed by atoms with Gasteiger partial charge in [0.2, 0.25) is 0 Å². The van der Waals surface area contributed by atoms with Crippen LogP contribution in [0.1, 0.15) is 34.6 Å². The van der Waals surface area contributed by atoms with Crippen LogP contribution in [0.2, 0.25) is 0 Å². The van der Waals surface area contributed by atoms with E-state index >= 15 is 0 Å². The van der Waals surface area contributed by atoms with Crippen LogP contribution in [0.3, 0.4) is 0 Å². The largest absolute Gasteiger partial charge is 0.464 e. The van der Waals surface area contributed by atoms with E-state index in [1.807, 2.05) is 0 Å².